The maximum absolute atomic E-state index is 6.34. The Kier molecular flexibility index (Phi) is 61.8. The second-order valence-corrected chi connectivity index (χ2v) is 22.5. The van der Waals surface area contributed by atoms with Crippen LogP contribution in [0.3, 0.4) is 0 Å². The quantitative estimate of drug-likeness (QED) is 0.0449. The highest BCUT2D eigenvalue weighted by molar-refractivity contribution is 6.36. The van der Waals surface area contributed by atoms with Gasteiger partial charge in [0.05, 0.1) is 0 Å². The van der Waals surface area contributed by atoms with Crippen LogP contribution in [0, 0.1) is 0 Å². The predicted molar refractivity (Wildman–Crippen MR) is 290 cm³/mol. The molecule has 0 atom stereocenters. The average molecular weight is 920 g/mol. The molecule has 64 heavy (non-hydrogen) atoms. The van der Waals surface area contributed by atoms with Crippen molar-refractivity contribution in [1.82, 2.24) is 0 Å². The minimum absolute atomic E-state index is 0.827. The van der Waals surface area contributed by atoms with Gasteiger partial charge in [-0.25, -0.2) is 0 Å². The smallest absolute Gasteiger partial charge is 0.454 e. The highest BCUT2D eigenvalue weighted by Gasteiger charge is 2.30. The lowest BCUT2D eigenvalue weighted by atomic mass is 10.0. The second-order valence-electron chi connectivity index (χ2n) is 20.9. The molecule has 3 nitrogen and oxygen atoms in total. The van der Waals surface area contributed by atoms with Gasteiger partial charge in [0.1, 0.15) is 0 Å². The summed E-state index contributed by atoms with van der Waals surface area (Å²) in [6.07, 6.45) is 76.4. The zero-order chi connectivity index (χ0) is 46.0. The summed E-state index contributed by atoms with van der Waals surface area (Å²) in [5.74, 6) is 0. The average Bonchev–Trinajstić information content (AvgIpc) is 3.30. The lowest BCUT2D eigenvalue weighted by Gasteiger charge is -2.14. The summed E-state index contributed by atoms with van der Waals surface area (Å²) in [6, 6.07) is 0. The van der Waals surface area contributed by atoms with Crippen LogP contribution in [0.5, 0.6) is 0 Å². The van der Waals surface area contributed by atoms with Crippen LogP contribution >= 0.6 is 0 Å². The molecule has 0 aromatic heterocycles. The molecule has 0 fully saturated rings. The molecule has 0 radical (unpaired) electrons. The third kappa shape index (κ3) is 58.5. The van der Waals surface area contributed by atoms with E-state index in [4.69, 9.17) is 11.4 Å². The van der Waals surface area contributed by atoms with Crippen molar-refractivity contribution < 1.29 is 11.4 Å². The topological polar surface area (TPSA) is 27.7 Å². The first-order valence-corrected chi connectivity index (χ1v) is 32.1. The van der Waals surface area contributed by atoms with E-state index in [-0.39, 0.29) is 0 Å². The van der Waals surface area contributed by atoms with E-state index in [1.807, 2.05) is 0 Å². The molecule has 0 rings (SSSR count). The van der Waals surface area contributed by atoms with Crippen molar-refractivity contribution in [2.24, 2.45) is 0 Å². The van der Waals surface area contributed by atoms with E-state index in [1.165, 1.54) is 327 Å². The molecule has 0 aromatic carbocycles. The van der Waals surface area contributed by atoms with Crippen LogP contribution in [-0.2, 0) is 11.4 Å². The van der Waals surface area contributed by atoms with E-state index in [0.717, 1.165) is 39.1 Å². The fourth-order valence-electron chi connectivity index (χ4n) is 9.69. The van der Waals surface area contributed by atoms with Crippen LogP contribution in [0.4, 0.5) is 0 Å². The third-order valence-corrected chi connectivity index (χ3v) is 15.8. The summed E-state index contributed by atoms with van der Waals surface area (Å²) in [7, 11) is 0. The van der Waals surface area contributed by atoms with Gasteiger partial charge in [-0.05, 0) is 19.3 Å². The van der Waals surface area contributed by atoms with Crippen LogP contribution in [0.15, 0.2) is 0 Å². The van der Waals surface area contributed by atoms with Gasteiger partial charge < -0.3 is 11.4 Å². The molecule has 0 saturated heterocycles. The Morgan fingerprint density at radius 2 is 0.266 bits per heavy atom. The van der Waals surface area contributed by atoms with Gasteiger partial charge in [0.15, 0.2) is 0 Å². The van der Waals surface area contributed by atoms with Crippen LogP contribution in [0.1, 0.15) is 367 Å². The molecule has 0 aromatic rings. The molecule has 0 unspecified atom stereocenters. The minimum atomic E-state index is -2.03. The van der Waals surface area contributed by atoms with E-state index in [1.54, 1.807) is 0 Å². The molecule has 0 bridgehead atoms. The first kappa shape index (κ1) is 64.4. The van der Waals surface area contributed by atoms with Crippen molar-refractivity contribution in [3.05, 3.63) is 0 Å². The first-order chi connectivity index (χ1) is 31.8. The number of hydrogen-bond donors (Lipinski definition) is 0. The monoisotopic (exact) mass is 919 g/mol. The van der Waals surface area contributed by atoms with Gasteiger partial charge in [-0.3, -0.25) is 0 Å². The lowest BCUT2D eigenvalue weighted by Crippen LogP contribution is -2.28. The van der Waals surface area contributed by atoms with E-state index in [0.29, 0.717) is 0 Å². The van der Waals surface area contributed by atoms with Gasteiger partial charge in [0.2, 0.25) is 0 Å². The maximum atomic E-state index is 6.34. The zero-order valence-electron chi connectivity index (χ0n) is 45.1. The minimum Gasteiger partial charge on any atom is -0.454 e. The molecule has 0 aliphatic heterocycles. The Hall–Kier alpha value is 0.412. The molecule has 0 aliphatic rings. The summed E-state index contributed by atoms with van der Waals surface area (Å²) in [6.45, 7) is 9.41. The van der Waals surface area contributed by atoms with E-state index >= 15 is 0 Å². The normalized spacial score (nSPS) is 11.7. The molecular formula is C60H123AlO3. The summed E-state index contributed by atoms with van der Waals surface area (Å²) in [5, 5.41) is 0. The molecule has 0 spiro atoms. The summed E-state index contributed by atoms with van der Waals surface area (Å²) < 4.78 is 19.0. The van der Waals surface area contributed by atoms with Crippen LogP contribution < -0.4 is 0 Å². The highest BCUT2D eigenvalue weighted by atomic mass is 27.3. The lowest BCUT2D eigenvalue weighted by molar-refractivity contribution is 0.0885. The van der Waals surface area contributed by atoms with E-state index < -0.39 is 15.1 Å². The van der Waals surface area contributed by atoms with Crippen molar-refractivity contribution in [2.75, 3.05) is 19.8 Å². The van der Waals surface area contributed by atoms with Crippen molar-refractivity contribution in [3.63, 3.8) is 0 Å². The maximum Gasteiger partial charge on any atom is 0.905 e. The SMILES string of the molecule is CCCCCCCCCCCCCCCCCCCC[O][Al]([O]CCCCCCCCCCCCCCCCCCCC)[O]CCCCCCCCCCCCCCCCCCCC. The fraction of sp³-hybridized carbons (Fsp3) is 1.00. The van der Waals surface area contributed by atoms with Crippen molar-refractivity contribution in [2.45, 2.75) is 367 Å². The fourth-order valence-corrected chi connectivity index (χ4v) is 11.1. The molecule has 0 aliphatic carbocycles. The van der Waals surface area contributed by atoms with Crippen molar-refractivity contribution >= 4 is 15.1 Å². The number of hydrogen-bond acceptors (Lipinski definition) is 3. The van der Waals surface area contributed by atoms with Crippen molar-refractivity contribution in [1.29, 1.82) is 0 Å². The molecule has 0 amide bonds. The Balaban J connectivity index is 3.97. The molecule has 0 saturated carbocycles. The van der Waals surface area contributed by atoms with Gasteiger partial charge in [-0.15, -0.1) is 0 Å². The number of rotatable bonds is 60. The Morgan fingerprint density at radius 3 is 0.391 bits per heavy atom. The standard InChI is InChI=1S/3C20H41O.Al/c3*1-2-3-4-5-6-7-8-9-10-11-12-13-14-15-16-17-18-19-20-21;/h3*2-20H2,1H3;/q3*-1;+3. The predicted octanol–water partition coefficient (Wildman–Crippen LogP) is 22.1. The Labute approximate surface area is 411 Å². The first-order valence-electron chi connectivity index (χ1n) is 30.7. The third-order valence-electron chi connectivity index (χ3n) is 14.3. The molecule has 4 heteroatoms. The van der Waals surface area contributed by atoms with Crippen LogP contribution in [-0.4, -0.2) is 35.0 Å². The Morgan fingerprint density at radius 1 is 0.156 bits per heavy atom. The van der Waals surface area contributed by atoms with Crippen LogP contribution in [0.25, 0.3) is 0 Å². The molecule has 0 N–H and O–H groups in total. The molecule has 384 valence electrons. The van der Waals surface area contributed by atoms with Gasteiger partial charge >= 0.3 is 15.1 Å². The van der Waals surface area contributed by atoms with Gasteiger partial charge in [0, 0.05) is 19.8 Å². The van der Waals surface area contributed by atoms with Gasteiger partial charge in [-0.2, -0.15) is 0 Å². The zero-order valence-corrected chi connectivity index (χ0v) is 46.3. The van der Waals surface area contributed by atoms with Crippen molar-refractivity contribution in [3.8, 4) is 0 Å². The highest BCUT2D eigenvalue weighted by Crippen LogP contribution is 2.18. The largest absolute Gasteiger partial charge is 0.905 e. The second kappa shape index (κ2) is 61.4. The summed E-state index contributed by atoms with van der Waals surface area (Å²) in [5.41, 5.74) is 0. The molecular weight excluding hydrogens is 796 g/mol. The molecule has 0 heterocycles. The Bertz CT molecular complexity index is 678. The van der Waals surface area contributed by atoms with E-state index in [2.05, 4.69) is 20.8 Å². The van der Waals surface area contributed by atoms with E-state index in [9.17, 15) is 0 Å². The summed E-state index contributed by atoms with van der Waals surface area (Å²) in [4.78, 5) is 0. The van der Waals surface area contributed by atoms with Gasteiger partial charge in [-0.1, -0.05) is 348 Å². The van der Waals surface area contributed by atoms with Gasteiger partial charge in [0.25, 0.3) is 0 Å². The number of unbranched alkanes of at least 4 members (excludes halogenated alkanes) is 51. The summed E-state index contributed by atoms with van der Waals surface area (Å²) >= 11 is -2.03. The van der Waals surface area contributed by atoms with Crippen LogP contribution in [0.2, 0.25) is 0 Å².